The Morgan fingerprint density at radius 3 is 2.35 bits per heavy atom. The maximum atomic E-state index is 13.3. The second kappa shape index (κ2) is 18.1. The molecule has 2 heterocycles. The van der Waals surface area contributed by atoms with E-state index < -0.39 is 126 Å². The molecule has 11 atom stereocenters. The molecule has 0 saturated carbocycles. The monoisotopic (exact) mass is 786 g/mol. The maximum absolute atomic E-state index is 13.3. The Morgan fingerprint density at radius 1 is 1.17 bits per heavy atom. The van der Waals surface area contributed by atoms with Crippen molar-refractivity contribution in [3.63, 3.8) is 0 Å². The zero-order valence-electron chi connectivity index (χ0n) is 30.7. The van der Waals surface area contributed by atoms with Crippen molar-refractivity contribution in [2.45, 2.75) is 127 Å². The first kappa shape index (κ1) is 44.4. The number of methoxy groups -OCH3 is 1. The molecule has 0 aromatic carbocycles. The van der Waals surface area contributed by atoms with Gasteiger partial charge in [-0.05, 0) is 38.9 Å². The molecule has 54 heavy (non-hydrogen) atoms. The molecule has 0 aromatic heterocycles. The second-order valence-corrected chi connectivity index (χ2v) is 13.6. The number of carboxylic acid groups (broad SMARTS) is 1. The molecule has 0 bridgehead atoms. The van der Waals surface area contributed by atoms with Crippen LogP contribution in [0.2, 0.25) is 0 Å². The number of thiocarbonyl (C=S) groups is 1. The van der Waals surface area contributed by atoms with Crippen molar-refractivity contribution in [1.82, 2.24) is 0 Å². The van der Waals surface area contributed by atoms with E-state index in [9.17, 15) is 49.5 Å². The van der Waals surface area contributed by atoms with Crippen LogP contribution in [0.3, 0.4) is 0 Å². The molecule has 2 saturated heterocycles. The van der Waals surface area contributed by atoms with Gasteiger partial charge in [-0.1, -0.05) is 19.9 Å². The minimum absolute atomic E-state index is 0.0351. The van der Waals surface area contributed by atoms with E-state index in [0.29, 0.717) is 0 Å². The highest BCUT2D eigenvalue weighted by Crippen LogP contribution is 2.42. The van der Waals surface area contributed by atoms with E-state index in [0.717, 1.165) is 6.92 Å². The molecule has 0 radical (unpaired) electrons. The lowest BCUT2D eigenvalue weighted by Crippen LogP contribution is -2.70. The van der Waals surface area contributed by atoms with E-state index in [-0.39, 0.29) is 24.5 Å². The summed E-state index contributed by atoms with van der Waals surface area (Å²) in [5, 5.41) is 66.1. The van der Waals surface area contributed by atoms with Gasteiger partial charge in [0.15, 0.2) is 35.1 Å². The Bertz CT molecular complexity index is 1610. The van der Waals surface area contributed by atoms with Crippen molar-refractivity contribution in [2.75, 3.05) is 13.7 Å². The normalized spacial score (nSPS) is 33.8. The SMILES string of the molecule is C/C=C(\N=C=S)C(=O)O[C@H]1[C@@H](O[C@H]2C[C@H](OC)C(O)(C(C)OC(=O)CC(C)C)[C@H](C)O2)[C@@H](O)[C@@H](C2(O)CC(=O)C(=N)C(C(=O)O)=C2O)O[C@@H]1COC(C)=O. The van der Waals surface area contributed by atoms with E-state index in [1.54, 1.807) is 0 Å². The third kappa shape index (κ3) is 9.27. The molecule has 2 aliphatic heterocycles. The molecule has 3 aliphatic rings. The van der Waals surface area contributed by atoms with Crippen LogP contribution >= 0.6 is 12.2 Å². The number of ketones is 1. The average molecular weight is 787 g/mol. The van der Waals surface area contributed by atoms with Crippen LogP contribution in [0, 0.1) is 11.3 Å². The molecule has 1 aliphatic carbocycles. The van der Waals surface area contributed by atoms with Gasteiger partial charge in [0, 0.05) is 26.9 Å². The lowest BCUT2D eigenvalue weighted by molar-refractivity contribution is -0.345. The van der Waals surface area contributed by atoms with E-state index in [1.807, 2.05) is 19.0 Å². The van der Waals surface area contributed by atoms with Crippen molar-refractivity contribution in [2.24, 2.45) is 10.9 Å². The number of isothiocyanates is 1. The lowest BCUT2D eigenvalue weighted by atomic mass is 9.74. The quantitative estimate of drug-likeness (QED) is 0.0458. The molecule has 0 aromatic rings. The molecule has 0 amide bonds. The fourth-order valence-corrected chi connectivity index (χ4v) is 6.68. The number of carboxylic acids is 1. The molecule has 3 rings (SSSR count). The predicted molar refractivity (Wildman–Crippen MR) is 184 cm³/mol. The number of ether oxygens (including phenoxy) is 7. The maximum Gasteiger partial charge on any atom is 0.357 e. The summed E-state index contributed by atoms with van der Waals surface area (Å²) in [4.78, 5) is 66.2. The summed E-state index contributed by atoms with van der Waals surface area (Å²) in [5.41, 5.74) is -7.73. The van der Waals surface area contributed by atoms with Gasteiger partial charge in [0.1, 0.15) is 54.2 Å². The highest BCUT2D eigenvalue weighted by atomic mass is 32.1. The summed E-state index contributed by atoms with van der Waals surface area (Å²) in [6.07, 6.45) is -14.9. The summed E-state index contributed by atoms with van der Waals surface area (Å²) in [5.74, 6) is -7.22. The Kier molecular flexibility index (Phi) is 14.9. The van der Waals surface area contributed by atoms with Crippen molar-refractivity contribution in [3.8, 4) is 0 Å². The smallest absolute Gasteiger partial charge is 0.357 e. The second-order valence-electron chi connectivity index (χ2n) is 13.4. The zero-order chi connectivity index (χ0) is 40.9. The van der Waals surface area contributed by atoms with E-state index in [1.165, 1.54) is 34.0 Å². The number of nitrogens with one attached hydrogen (secondary N) is 1. The Hall–Kier alpha value is -3.98. The largest absolute Gasteiger partial charge is 0.508 e. The molecular formula is C34H46N2O17S. The number of Topliss-reactive ketones (excluding diaryl/α,β-unsaturated/α-hetero) is 1. The average Bonchev–Trinajstić information content (AvgIpc) is 3.08. The van der Waals surface area contributed by atoms with Crippen LogP contribution < -0.4 is 0 Å². The summed E-state index contributed by atoms with van der Waals surface area (Å²) >= 11 is 4.60. The van der Waals surface area contributed by atoms with Gasteiger partial charge >= 0.3 is 23.9 Å². The van der Waals surface area contributed by atoms with Crippen LogP contribution in [0.5, 0.6) is 0 Å². The molecule has 20 heteroatoms. The molecule has 19 nitrogen and oxygen atoms in total. The zero-order valence-corrected chi connectivity index (χ0v) is 31.5. The number of aliphatic carboxylic acids is 1. The number of aliphatic hydroxyl groups is 4. The van der Waals surface area contributed by atoms with Crippen molar-refractivity contribution in [1.29, 1.82) is 5.41 Å². The van der Waals surface area contributed by atoms with Gasteiger partial charge in [-0.2, -0.15) is 4.99 Å². The first-order chi connectivity index (χ1) is 25.2. The highest BCUT2D eigenvalue weighted by molar-refractivity contribution is 7.78. The first-order valence-corrected chi connectivity index (χ1v) is 17.3. The summed E-state index contributed by atoms with van der Waals surface area (Å²) in [7, 11) is 1.27. The van der Waals surface area contributed by atoms with Crippen molar-refractivity contribution >= 4 is 52.8 Å². The minimum Gasteiger partial charge on any atom is -0.508 e. The number of hydrogen-bond donors (Lipinski definition) is 6. The number of carbonyl (C=O) groups excluding carboxylic acids is 4. The van der Waals surface area contributed by atoms with E-state index >= 15 is 0 Å². The number of nitrogens with zero attached hydrogens (tertiary/aromatic N) is 1. The van der Waals surface area contributed by atoms with Crippen LogP contribution in [0.25, 0.3) is 0 Å². The van der Waals surface area contributed by atoms with E-state index in [2.05, 4.69) is 17.2 Å². The van der Waals surface area contributed by atoms with Crippen LogP contribution in [0.4, 0.5) is 0 Å². The minimum atomic E-state index is -3.03. The van der Waals surface area contributed by atoms with Crippen molar-refractivity contribution < 1.29 is 82.7 Å². The van der Waals surface area contributed by atoms with Crippen LogP contribution in [-0.2, 0) is 57.1 Å². The molecule has 300 valence electrons. The summed E-state index contributed by atoms with van der Waals surface area (Å²) < 4.78 is 40.0. The topological polar surface area (TPSA) is 287 Å². The van der Waals surface area contributed by atoms with Crippen LogP contribution in [0.1, 0.15) is 60.8 Å². The van der Waals surface area contributed by atoms with Crippen LogP contribution in [0.15, 0.2) is 28.1 Å². The third-order valence-electron chi connectivity index (χ3n) is 9.35. The molecule has 0 spiro atoms. The number of carbonyl (C=O) groups is 5. The van der Waals surface area contributed by atoms with E-state index in [4.69, 9.17) is 38.6 Å². The fourth-order valence-electron chi connectivity index (χ4n) is 6.58. The van der Waals surface area contributed by atoms with Gasteiger partial charge in [-0.25, -0.2) is 9.59 Å². The predicted octanol–water partition coefficient (Wildman–Crippen LogP) is 0.461. The number of aliphatic imine (C=N–C) groups is 1. The van der Waals surface area contributed by atoms with Gasteiger partial charge in [-0.15, -0.1) is 0 Å². The number of esters is 3. The number of aliphatic hydroxyl groups excluding tert-OH is 2. The lowest BCUT2D eigenvalue weighted by Gasteiger charge is -2.52. The van der Waals surface area contributed by atoms with Gasteiger partial charge in [-0.3, -0.25) is 19.8 Å². The number of hydrogen-bond acceptors (Lipinski definition) is 19. The molecule has 3 unspecified atom stereocenters. The number of rotatable bonds is 14. The standard InChI is InChI=1S/C34H46N2O17S/c1-8-18(36-13-54)32(44)53-27-20(12-48-17(6)37)51-30(33(45)11-19(38)25(35)24(29(33)41)31(42)43)26(40)28(27)52-23-10-21(47-7)34(46,16(5)50-23)15(4)49-22(39)9-14(2)3/h8,14-16,20-21,23,26-28,30,35,40-41,45-46H,9-12H2,1-7H3,(H,42,43)/b18-8-,35-25?/t15?,16-,20+,21-,23-,26+,27+,28-,30-,33?,34?/m0/s1. The van der Waals surface area contributed by atoms with Gasteiger partial charge in [0.2, 0.25) is 0 Å². The summed E-state index contributed by atoms with van der Waals surface area (Å²) in [6, 6.07) is 0. The molecule has 2 fully saturated rings. The first-order valence-electron chi connectivity index (χ1n) is 16.9. The highest BCUT2D eigenvalue weighted by Gasteiger charge is 2.62. The molecular weight excluding hydrogens is 740 g/mol. The van der Waals surface area contributed by atoms with Crippen LogP contribution in [-0.4, -0.2) is 146 Å². The molecule has 6 N–H and O–H groups in total. The fraction of sp³-hybridized carbons (Fsp3) is 0.676. The third-order valence-corrected chi connectivity index (χ3v) is 9.44. The Labute approximate surface area is 315 Å². The van der Waals surface area contributed by atoms with Gasteiger partial charge < -0.3 is 58.7 Å². The van der Waals surface area contributed by atoms with Gasteiger partial charge in [0.25, 0.3) is 0 Å². The number of allylic oxidation sites excluding steroid dienone is 1. The Balaban J connectivity index is 2.13. The van der Waals surface area contributed by atoms with Gasteiger partial charge in [0.05, 0.1) is 23.8 Å². The Morgan fingerprint density at radius 2 is 1.81 bits per heavy atom. The van der Waals surface area contributed by atoms with Crippen molar-refractivity contribution in [3.05, 3.63) is 23.1 Å². The summed E-state index contributed by atoms with van der Waals surface area (Å²) in [6.45, 7) is 8.21.